The van der Waals surface area contributed by atoms with Crippen molar-refractivity contribution in [2.75, 3.05) is 30.9 Å². The van der Waals surface area contributed by atoms with Gasteiger partial charge >= 0.3 is 0 Å². The van der Waals surface area contributed by atoms with Gasteiger partial charge in [0.1, 0.15) is 11.6 Å². The number of nitrogens with zero attached hydrogens (tertiary/aromatic N) is 4. The van der Waals surface area contributed by atoms with Crippen LogP contribution < -0.4 is 9.80 Å². The van der Waals surface area contributed by atoms with Crippen molar-refractivity contribution in [2.45, 2.75) is 6.54 Å². The van der Waals surface area contributed by atoms with Crippen LogP contribution in [0.2, 0.25) is 0 Å². The van der Waals surface area contributed by atoms with Gasteiger partial charge in [-0.1, -0.05) is 18.2 Å². The van der Waals surface area contributed by atoms with E-state index in [1.807, 2.05) is 43.1 Å². The first-order chi connectivity index (χ1) is 9.08. The topological polar surface area (TPSA) is 32.3 Å². The van der Waals surface area contributed by atoms with E-state index in [1.54, 1.807) is 18.3 Å². The lowest BCUT2D eigenvalue weighted by Gasteiger charge is -2.20. The van der Waals surface area contributed by atoms with Crippen LogP contribution in [0.15, 0.2) is 36.5 Å². The Morgan fingerprint density at radius 2 is 1.84 bits per heavy atom. The fourth-order valence-electron chi connectivity index (χ4n) is 1.73. The molecule has 2 aromatic rings. The zero-order valence-electron chi connectivity index (χ0n) is 11.3. The summed E-state index contributed by atoms with van der Waals surface area (Å²) in [6.45, 7) is 0.469. The van der Waals surface area contributed by atoms with Gasteiger partial charge in [-0.25, -0.2) is 9.37 Å². The Kier molecular flexibility index (Phi) is 3.94. The quantitative estimate of drug-likeness (QED) is 0.844. The Morgan fingerprint density at radius 1 is 1.11 bits per heavy atom. The summed E-state index contributed by atoms with van der Waals surface area (Å²) >= 11 is 0. The Hall–Kier alpha value is -2.17. The lowest BCUT2D eigenvalue weighted by atomic mass is 10.2. The molecular weight excluding hydrogens is 243 g/mol. The molecule has 2 rings (SSSR count). The van der Waals surface area contributed by atoms with Gasteiger partial charge in [-0.05, 0) is 12.1 Å². The first-order valence-corrected chi connectivity index (χ1v) is 6.03. The summed E-state index contributed by atoms with van der Waals surface area (Å²) in [6.07, 6.45) is 1.70. The van der Waals surface area contributed by atoms with E-state index in [4.69, 9.17) is 0 Å². The van der Waals surface area contributed by atoms with Gasteiger partial charge in [0.05, 0.1) is 0 Å². The largest absolute Gasteiger partial charge is 0.355 e. The van der Waals surface area contributed by atoms with Gasteiger partial charge in [-0.15, -0.1) is 0 Å². The second-order valence-electron chi connectivity index (χ2n) is 4.56. The van der Waals surface area contributed by atoms with Crippen LogP contribution in [-0.4, -0.2) is 31.1 Å². The molecule has 0 atom stereocenters. The van der Waals surface area contributed by atoms with E-state index in [-0.39, 0.29) is 5.82 Å². The summed E-state index contributed by atoms with van der Waals surface area (Å²) in [7, 11) is 5.65. The van der Waals surface area contributed by atoms with Gasteiger partial charge in [-0.3, -0.25) is 0 Å². The van der Waals surface area contributed by atoms with Gasteiger partial charge in [0.15, 0.2) is 0 Å². The van der Waals surface area contributed by atoms with Crippen LogP contribution in [-0.2, 0) is 6.54 Å². The van der Waals surface area contributed by atoms with Gasteiger partial charge < -0.3 is 9.80 Å². The molecule has 0 fully saturated rings. The highest BCUT2D eigenvalue weighted by atomic mass is 19.1. The third-order valence-electron chi connectivity index (χ3n) is 2.78. The zero-order valence-corrected chi connectivity index (χ0v) is 11.3. The van der Waals surface area contributed by atoms with Crippen LogP contribution in [0.25, 0.3) is 0 Å². The van der Waals surface area contributed by atoms with E-state index >= 15 is 0 Å². The molecule has 0 N–H and O–H groups in total. The summed E-state index contributed by atoms with van der Waals surface area (Å²) in [6, 6.07) is 8.58. The smallest absolute Gasteiger partial charge is 0.226 e. The molecule has 0 aliphatic carbocycles. The molecule has 0 spiro atoms. The van der Waals surface area contributed by atoms with Crippen molar-refractivity contribution in [3.05, 3.63) is 47.9 Å². The van der Waals surface area contributed by atoms with Gasteiger partial charge in [-0.2, -0.15) is 4.98 Å². The Morgan fingerprint density at radius 3 is 2.53 bits per heavy atom. The Balaban J connectivity index is 2.18. The maximum Gasteiger partial charge on any atom is 0.226 e. The molecule has 19 heavy (non-hydrogen) atoms. The molecule has 0 saturated carbocycles. The summed E-state index contributed by atoms with van der Waals surface area (Å²) < 4.78 is 13.6. The minimum atomic E-state index is -0.198. The van der Waals surface area contributed by atoms with E-state index in [0.29, 0.717) is 18.1 Å². The maximum atomic E-state index is 13.6. The number of hydrogen-bond acceptors (Lipinski definition) is 4. The molecule has 0 radical (unpaired) electrons. The molecule has 4 nitrogen and oxygen atoms in total. The number of halogens is 1. The van der Waals surface area contributed by atoms with Gasteiger partial charge in [0.25, 0.3) is 0 Å². The zero-order chi connectivity index (χ0) is 13.8. The summed E-state index contributed by atoms with van der Waals surface area (Å²) in [4.78, 5) is 12.3. The van der Waals surface area contributed by atoms with Crippen molar-refractivity contribution in [3.63, 3.8) is 0 Å². The minimum Gasteiger partial charge on any atom is -0.355 e. The number of hydrogen-bond donors (Lipinski definition) is 0. The molecule has 0 aliphatic heterocycles. The van der Waals surface area contributed by atoms with Crippen LogP contribution in [0.1, 0.15) is 5.56 Å². The average molecular weight is 260 g/mol. The second kappa shape index (κ2) is 5.65. The monoisotopic (exact) mass is 260 g/mol. The molecule has 0 amide bonds. The third kappa shape index (κ3) is 3.19. The molecule has 0 unspecified atom stereocenters. The van der Waals surface area contributed by atoms with Crippen molar-refractivity contribution < 1.29 is 4.39 Å². The summed E-state index contributed by atoms with van der Waals surface area (Å²) in [5, 5.41) is 0. The van der Waals surface area contributed by atoms with E-state index in [0.717, 1.165) is 5.82 Å². The van der Waals surface area contributed by atoms with Crippen LogP contribution in [0.4, 0.5) is 16.2 Å². The van der Waals surface area contributed by atoms with Crippen LogP contribution in [0.3, 0.4) is 0 Å². The minimum absolute atomic E-state index is 0.198. The van der Waals surface area contributed by atoms with E-state index in [9.17, 15) is 4.39 Å². The Labute approximate surface area is 112 Å². The van der Waals surface area contributed by atoms with E-state index in [2.05, 4.69) is 9.97 Å². The van der Waals surface area contributed by atoms with Crippen LogP contribution >= 0.6 is 0 Å². The second-order valence-corrected chi connectivity index (χ2v) is 4.56. The highest BCUT2D eigenvalue weighted by Gasteiger charge is 2.08. The summed E-state index contributed by atoms with van der Waals surface area (Å²) in [5.74, 6) is 1.20. The lowest BCUT2D eigenvalue weighted by Crippen LogP contribution is -2.20. The summed E-state index contributed by atoms with van der Waals surface area (Å²) in [5.41, 5.74) is 0.648. The number of rotatable bonds is 4. The first kappa shape index (κ1) is 13.3. The molecule has 5 heteroatoms. The standard InChI is InChI=1S/C14H17FN4/c1-18(2)14-16-9-8-13(17-14)19(3)10-11-6-4-5-7-12(11)15/h4-9H,10H2,1-3H3. The Bertz CT molecular complexity index is 557. The number of aromatic nitrogens is 2. The predicted molar refractivity (Wildman–Crippen MR) is 74.9 cm³/mol. The third-order valence-corrected chi connectivity index (χ3v) is 2.78. The molecular formula is C14H17FN4. The average Bonchev–Trinajstić information content (AvgIpc) is 2.41. The molecule has 0 aliphatic rings. The normalized spacial score (nSPS) is 10.3. The first-order valence-electron chi connectivity index (χ1n) is 6.03. The molecule has 1 aromatic carbocycles. The van der Waals surface area contributed by atoms with Gasteiger partial charge in [0.2, 0.25) is 5.95 Å². The van der Waals surface area contributed by atoms with E-state index < -0.39 is 0 Å². The SMILES string of the molecule is CN(C)c1nccc(N(C)Cc2ccccc2F)n1. The highest BCUT2D eigenvalue weighted by molar-refractivity contribution is 5.43. The van der Waals surface area contributed by atoms with Crippen molar-refractivity contribution in [1.29, 1.82) is 0 Å². The highest BCUT2D eigenvalue weighted by Crippen LogP contribution is 2.16. The van der Waals surface area contributed by atoms with E-state index in [1.165, 1.54) is 6.07 Å². The van der Waals surface area contributed by atoms with Crippen molar-refractivity contribution >= 4 is 11.8 Å². The van der Waals surface area contributed by atoms with Crippen molar-refractivity contribution in [3.8, 4) is 0 Å². The number of anilines is 2. The maximum absolute atomic E-state index is 13.6. The van der Waals surface area contributed by atoms with Crippen molar-refractivity contribution in [1.82, 2.24) is 9.97 Å². The molecule has 1 aromatic heterocycles. The van der Waals surface area contributed by atoms with Crippen LogP contribution in [0, 0.1) is 5.82 Å². The molecule has 1 heterocycles. The van der Waals surface area contributed by atoms with Crippen LogP contribution in [0.5, 0.6) is 0 Å². The molecule has 0 bridgehead atoms. The fraction of sp³-hybridized carbons (Fsp3) is 0.286. The number of benzene rings is 1. The molecule has 0 saturated heterocycles. The lowest BCUT2D eigenvalue weighted by molar-refractivity contribution is 0.607. The molecule has 100 valence electrons. The van der Waals surface area contributed by atoms with Gasteiger partial charge in [0, 0.05) is 39.4 Å². The van der Waals surface area contributed by atoms with Crippen molar-refractivity contribution in [2.24, 2.45) is 0 Å². The predicted octanol–water partition coefficient (Wildman–Crippen LogP) is 2.32. The fourth-order valence-corrected chi connectivity index (χ4v) is 1.73.